The fourth-order valence-electron chi connectivity index (χ4n) is 1.73. The van der Waals surface area contributed by atoms with Crippen LogP contribution >= 0.6 is 0 Å². The first-order valence-electron chi connectivity index (χ1n) is 6.06. The zero-order valence-electron chi connectivity index (χ0n) is 10.9. The van der Waals surface area contributed by atoms with Crippen LogP contribution in [0, 0.1) is 0 Å². The van der Waals surface area contributed by atoms with Gasteiger partial charge < -0.3 is 10.5 Å². The Kier molecular flexibility index (Phi) is 5.62. The summed E-state index contributed by atoms with van der Waals surface area (Å²) < 4.78 is 28.0. The van der Waals surface area contributed by atoms with Gasteiger partial charge in [-0.25, -0.2) is 8.42 Å². The van der Waals surface area contributed by atoms with Gasteiger partial charge in [0.25, 0.3) is 0 Å². The number of benzene rings is 1. The van der Waals surface area contributed by atoms with E-state index >= 15 is 0 Å². The van der Waals surface area contributed by atoms with Gasteiger partial charge >= 0.3 is 0 Å². The number of hydrogen-bond acceptors (Lipinski definition) is 4. The van der Waals surface area contributed by atoms with Gasteiger partial charge in [-0.2, -0.15) is 0 Å². The van der Waals surface area contributed by atoms with Crippen molar-refractivity contribution in [3.63, 3.8) is 0 Å². The molecule has 4 nitrogen and oxygen atoms in total. The third kappa shape index (κ3) is 4.66. The van der Waals surface area contributed by atoms with Crippen molar-refractivity contribution in [3.05, 3.63) is 29.8 Å². The maximum Gasteiger partial charge on any atom is 0.150 e. The summed E-state index contributed by atoms with van der Waals surface area (Å²) in [6.45, 7) is 1.65. The summed E-state index contributed by atoms with van der Waals surface area (Å²) in [4.78, 5) is 0. The number of sulfone groups is 1. The second kappa shape index (κ2) is 6.75. The van der Waals surface area contributed by atoms with Gasteiger partial charge in [-0.15, -0.1) is 0 Å². The van der Waals surface area contributed by atoms with Crippen LogP contribution in [0.2, 0.25) is 0 Å². The van der Waals surface area contributed by atoms with E-state index in [0.717, 1.165) is 11.3 Å². The molecule has 0 amide bonds. The summed E-state index contributed by atoms with van der Waals surface area (Å²) in [7, 11) is -1.32. The average molecular weight is 271 g/mol. The van der Waals surface area contributed by atoms with Crippen molar-refractivity contribution in [1.82, 2.24) is 0 Å². The highest BCUT2D eigenvalue weighted by molar-refractivity contribution is 7.91. The van der Waals surface area contributed by atoms with E-state index in [4.69, 9.17) is 10.5 Å². The molecule has 0 heterocycles. The van der Waals surface area contributed by atoms with E-state index in [1.165, 1.54) is 0 Å². The minimum Gasteiger partial charge on any atom is -0.496 e. The smallest absolute Gasteiger partial charge is 0.150 e. The van der Waals surface area contributed by atoms with Gasteiger partial charge in [-0.1, -0.05) is 25.1 Å². The third-order valence-corrected chi connectivity index (χ3v) is 4.65. The van der Waals surface area contributed by atoms with Crippen LogP contribution in [-0.4, -0.2) is 33.1 Å². The molecule has 18 heavy (non-hydrogen) atoms. The summed E-state index contributed by atoms with van der Waals surface area (Å²) >= 11 is 0. The molecule has 5 heteroatoms. The van der Waals surface area contributed by atoms with E-state index in [9.17, 15) is 8.42 Å². The molecule has 0 saturated carbocycles. The molecule has 0 spiro atoms. The highest BCUT2D eigenvalue weighted by Crippen LogP contribution is 2.19. The highest BCUT2D eigenvalue weighted by Gasteiger charge is 2.13. The summed E-state index contributed by atoms with van der Waals surface area (Å²) in [6, 6.07) is 7.49. The van der Waals surface area contributed by atoms with Crippen LogP contribution in [0.3, 0.4) is 0 Å². The molecule has 1 unspecified atom stereocenters. The van der Waals surface area contributed by atoms with Gasteiger partial charge in [-0.05, 0) is 24.5 Å². The van der Waals surface area contributed by atoms with Crippen molar-refractivity contribution in [3.8, 4) is 5.75 Å². The van der Waals surface area contributed by atoms with E-state index in [1.807, 2.05) is 24.3 Å². The van der Waals surface area contributed by atoms with E-state index < -0.39 is 9.84 Å². The van der Waals surface area contributed by atoms with Crippen LogP contribution in [0.1, 0.15) is 18.9 Å². The lowest BCUT2D eigenvalue weighted by molar-refractivity contribution is 0.407. The standard InChI is InChI=1S/C13H21NO3S/c1-3-18(15,16)9-8-12(14)10-11-6-4-5-7-13(11)17-2/h4-7,12H,3,8-10,14H2,1-2H3. The molecule has 0 saturated heterocycles. The lowest BCUT2D eigenvalue weighted by Gasteiger charge is -2.14. The first-order chi connectivity index (χ1) is 8.48. The van der Waals surface area contributed by atoms with Gasteiger partial charge in [0.15, 0.2) is 0 Å². The molecule has 2 N–H and O–H groups in total. The molecular weight excluding hydrogens is 250 g/mol. The van der Waals surface area contributed by atoms with E-state index in [0.29, 0.717) is 12.8 Å². The third-order valence-electron chi connectivity index (χ3n) is 2.91. The van der Waals surface area contributed by atoms with Gasteiger partial charge in [0, 0.05) is 11.8 Å². The Morgan fingerprint density at radius 3 is 2.61 bits per heavy atom. The Balaban J connectivity index is 2.57. The van der Waals surface area contributed by atoms with Crippen LogP contribution in [0.25, 0.3) is 0 Å². The molecule has 0 aliphatic carbocycles. The quantitative estimate of drug-likeness (QED) is 0.813. The number of ether oxygens (including phenoxy) is 1. The molecule has 0 fully saturated rings. The molecule has 1 aromatic carbocycles. The van der Waals surface area contributed by atoms with Crippen molar-refractivity contribution in [2.24, 2.45) is 5.73 Å². The molecule has 0 radical (unpaired) electrons. The number of methoxy groups -OCH3 is 1. The van der Waals surface area contributed by atoms with E-state index in [2.05, 4.69) is 0 Å². The largest absolute Gasteiger partial charge is 0.496 e. The fraction of sp³-hybridized carbons (Fsp3) is 0.538. The second-order valence-corrected chi connectivity index (χ2v) is 6.77. The van der Waals surface area contributed by atoms with Crippen molar-refractivity contribution in [2.45, 2.75) is 25.8 Å². The van der Waals surface area contributed by atoms with Crippen molar-refractivity contribution >= 4 is 9.84 Å². The maximum absolute atomic E-state index is 11.4. The van der Waals surface area contributed by atoms with E-state index in [1.54, 1.807) is 14.0 Å². The van der Waals surface area contributed by atoms with Crippen LogP contribution in [-0.2, 0) is 16.3 Å². The Bertz CT molecular complexity index is 471. The topological polar surface area (TPSA) is 69.4 Å². The fourth-order valence-corrected chi connectivity index (χ4v) is 2.68. The van der Waals surface area contributed by atoms with Crippen LogP contribution in [0.15, 0.2) is 24.3 Å². The minimum atomic E-state index is -2.93. The van der Waals surface area contributed by atoms with E-state index in [-0.39, 0.29) is 17.5 Å². The predicted molar refractivity (Wildman–Crippen MR) is 73.6 cm³/mol. The zero-order chi connectivity index (χ0) is 13.6. The summed E-state index contributed by atoms with van der Waals surface area (Å²) in [5.41, 5.74) is 6.99. The molecule has 0 aliphatic rings. The Labute approximate surface area is 109 Å². The molecule has 0 bridgehead atoms. The first kappa shape index (κ1) is 15.0. The molecule has 1 rings (SSSR count). The normalized spacial score (nSPS) is 13.3. The van der Waals surface area contributed by atoms with Gasteiger partial charge in [0.05, 0.1) is 12.9 Å². The Morgan fingerprint density at radius 1 is 1.33 bits per heavy atom. The summed E-state index contributed by atoms with van der Waals surface area (Å²) in [5.74, 6) is 1.13. The maximum atomic E-state index is 11.4. The lowest BCUT2D eigenvalue weighted by atomic mass is 10.0. The Hall–Kier alpha value is -1.07. The average Bonchev–Trinajstić information content (AvgIpc) is 2.37. The van der Waals surface area contributed by atoms with Crippen LogP contribution in [0.4, 0.5) is 0 Å². The van der Waals surface area contributed by atoms with Gasteiger partial charge in [0.1, 0.15) is 15.6 Å². The summed E-state index contributed by atoms with van der Waals surface area (Å²) in [5, 5.41) is 0. The monoisotopic (exact) mass is 271 g/mol. The number of para-hydroxylation sites is 1. The van der Waals surface area contributed by atoms with Crippen LogP contribution < -0.4 is 10.5 Å². The van der Waals surface area contributed by atoms with Gasteiger partial charge in [-0.3, -0.25) is 0 Å². The molecular formula is C13H21NO3S. The predicted octanol–water partition coefficient (Wildman–Crippen LogP) is 1.39. The lowest BCUT2D eigenvalue weighted by Crippen LogP contribution is -2.26. The minimum absolute atomic E-state index is 0.153. The molecule has 1 aromatic rings. The first-order valence-corrected chi connectivity index (χ1v) is 7.88. The molecule has 0 aromatic heterocycles. The summed E-state index contributed by atoms with van der Waals surface area (Å²) in [6.07, 6.45) is 1.11. The molecule has 0 aliphatic heterocycles. The second-order valence-electron chi connectivity index (χ2n) is 4.30. The Morgan fingerprint density at radius 2 is 2.00 bits per heavy atom. The molecule has 102 valence electrons. The number of rotatable bonds is 7. The number of nitrogens with two attached hydrogens (primary N) is 1. The highest BCUT2D eigenvalue weighted by atomic mass is 32.2. The SMILES string of the molecule is CCS(=O)(=O)CCC(N)Cc1ccccc1OC. The van der Waals surface area contributed by atoms with Crippen LogP contribution in [0.5, 0.6) is 5.75 Å². The van der Waals surface area contributed by atoms with Crippen molar-refractivity contribution in [2.75, 3.05) is 18.6 Å². The van der Waals surface area contributed by atoms with Crippen molar-refractivity contribution < 1.29 is 13.2 Å². The number of hydrogen-bond donors (Lipinski definition) is 1. The molecule has 1 atom stereocenters. The van der Waals surface area contributed by atoms with Crippen molar-refractivity contribution in [1.29, 1.82) is 0 Å². The zero-order valence-corrected chi connectivity index (χ0v) is 11.7. The van der Waals surface area contributed by atoms with Gasteiger partial charge in [0.2, 0.25) is 0 Å².